The van der Waals surface area contributed by atoms with E-state index in [4.69, 9.17) is 10.5 Å². The van der Waals surface area contributed by atoms with Gasteiger partial charge in [-0.1, -0.05) is 0 Å². The first-order valence-corrected chi connectivity index (χ1v) is 4.26. The largest absolute Gasteiger partial charge is 0.377 e. The molecule has 0 amide bonds. The van der Waals surface area contributed by atoms with Crippen molar-refractivity contribution in [3.05, 3.63) is 23.8 Å². The Hall–Kier alpha value is -1.00. The number of rotatable bonds is 4. The third-order valence-corrected chi connectivity index (χ3v) is 1.59. The smallest absolute Gasteiger partial charge is 0.153 e. The molecule has 4 heteroatoms. The lowest BCUT2D eigenvalue weighted by molar-refractivity contribution is 0.177. The summed E-state index contributed by atoms with van der Waals surface area (Å²) in [5.41, 5.74) is 6.71. The van der Waals surface area contributed by atoms with Crippen LogP contribution in [0, 0.1) is 0 Å². The number of nitrogens with two attached hydrogens (primary N) is 1. The first-order valence-electron chi connectivity index (χ1n) is 4.26. The lowest BCUT2D eigenvalue weighted by Gasteiger charge is -2.04. The minimum Gasteiger partial charge on any atom is -0.377 e. The van der Waals surface area contributed by atoms with Gasteiger partial charge in [-0.15, -0.1) is 0 Å². The van der Waals surface area contributed by atoms with Gasteiger partial charge in [0.25, 0.3) is 0 Å². The van der Waals surface area contributed by atoms with Crippen molar-refractivity contribution in [1.82, 2.24) is 9.97 Å². The fraction of sp³-hybridized carbons (Fsp3) is 0.556. The highest BCUT2D eigenvalue weighted by atomic mass is 16.5. The highest BCUT2D eigenvalue weighted by Gasteiger charge is 1.99. The van der Waals surface area contributed by atoms with Crippen LogP contribution in [0.15, 0.2) is 12.4 Å². The zero-order valence-corrected chi connectivity index (χ0v) is 8.03. The summed E-state index contributed by atoms with van der Waals surface area (Å²) in [5, 5.41) is 0. The van der Waals surface area contributed by atoms with Crippen LogP contribution in [-0.4, -0.2) is 23.1 Å². The van der Waals surface area contributed by atoms with Gasteiger partial charge in [-0.2, -0.15) is 0 Å². The molecule has 0 spiro atoms. The minimum atomic E-state index is 0.150. The van der Waals surface area contributed by atoms with E-state index in [1.165, 1.54) is 0 Å². The number of hydrogen-bond donors (Lipinski definition) is 1. The molecular weight excluding hydrogens is 166 g/mol. The monoisotopic (exact) mass is 181 g/mol. The maximum Gasteiger partial charge on any atom is 0.153 e. The van der Waals surface area contributed by atoms with Crippen LogP contribution < -0.4 is 5.73 Å². The van der Waals surface area contributed by atoms with Crippen molar-refractivity contribution in [1.29, 1.82) is 0 Å². The molecule has 1 atom stereocenters. The zero-order valence-electron chi connectivity index (χ0n) is 8.03. The third kappa shape index (κ3) is 3.48. The fourth-order valence-electron chi connectivity index (χ4n) is 1.06. The van der Waals surface area contributed by atoms with Gasteiger partial charge in [-0.25, -0.2) is 9.97 Å². The molecule has 0 fully saturated rings. The Labute approximate surface area is 78.1 Å². The van der Waals surface area contributed by atoms with E-state index in [1.807, 2.05) is 6.92 Å². The van der Waals surface area contributed by atoms with Crippen molar-refractivity contribution < 1.29 is 4.74 Å². The molecule has 0 aliphatic carbocycles. The third-order valence-electron chi connectivity index (χ3n) is 1.59. The van der Waals surface area contributed by atoms with Crippen LogP contribution >= 0.6 is 0 Å². The number of hydrogen-bond acceptors (Lipinski definition) is 4. The topological polar surface area (TPSA) is 61.0 Å². The Kier molecular flexibility index (Phi) is 3.79. The Morgan fingerprint density at radius 1 is 1.46 bits per heavy atom. The van der Waals surface area contributed by atoms with Crippen LogP contribution in [0.25, 0.3) is 0 Å². The van der Waals surface area contributed by atoms with E-state index in [9.17, 15) is 0 Å². The molecule has 0 aliphatic heterocycles. The second-order valence-electron chi connectivity index (χ2n) is 3.12. The van der Waals surface area contributed by atoms with Crippen molar-refractivity contribution in [2.24, 2.45) is 5.73 Å². The van der Waals surface area contributed by atoms with Crippen LogP contribution in [0.1, 0.15) is 18.3 Å². The summed E-state index contributed by atoms with van der Waals surface area (Å²) >= 11 is 0. The maximum absolute atomic E-state index is 5.64. The van der Waals surface area contributed by atoms with E-state index in [0.29, 0.717) is 12.4 Å². The molecule has 0 saturated carbocycles. The first-order chi connectivity index (χ1) is 6.22. The van der Waals surface area contributed by atoms with E-state index in [2.05, 4.69) is 9.97 Å². The van der Waals surface area contributed by atoms with Gasteiger partial charge in [-0.3, -0.25) is 0 Å². The molecule has 0 radical (unpaired) electrons. The zero-order chi connectivity index (χ0) is 9.68. The van der Waals surface area contributed by atoms with Gasteiger partial charge in [0.1, 0.15) is 6.61 Å². The molecular formula is C9H15N3O. The summed E-state index contributed by atoms with van der Waals surface area (Å²) in [6, 6.07) is 0.150. The van der Waals surface area contributed by atoms with Crippen LogP contribution in [0.5, 0.6) is 0 Å². The Bertz CT molecular complexity index is 246. The average Bonchev–Trinajstić information content (AvgIpc) is 2.08. The Balaban J connectivity index is 2.59. The van der Waals surface area contributed by atoms with E-state index < -0.39 is 0 Å². The Morgan fingerprint density at radius 3 is 2.54 bits per heavy atom. The molecule has 1 aromatic heterocycles. The summed E-state index contributed by atoms with van der Waals surface area (Å²) in [5.74, 6) is 0.705. The minimum absolute atomic E-state index is 0.150. The molecule has 1 unspecified atom stereocenters. The van der Waals surface area contributed by atoms with Crippen molar-refractivity contribution in [3.63, 3.8) is 0 Å². The maximum atomic E-state index is 5.64. The molecule has 0 aromatic carbocycles. The van der Waals surface area contributed by atoms with Crippen LogP contribution in [-0.2, 0) is 17.8 Å². The van der Waals surface area contributed by atoms with Gasteiger partial charge in [-0.05, 0) is 18.9 Å². The highest BCUT2D eigenvalue weighted by Crippen LogP contribution is 1.99. The van der Waals surface area contributed by atoms with Crippen molar-refractivity contribution in [2.45, 2.75) is 26.0 Å². The van der Waals surface area contributed by atoms with Crippen molar-refractivity contribution in [2.75, 3.05) is 7.11 Å². The second-order valence-corrected chi connectivity index (χ2v) is 3.12. The van der Waals surface area contributed by atoms with Crippen molar-refractivity contribution in [3.8, 4) is 0 Å². The lowest BCUT2D eigenvalue weighted by Crippen LogP contribution is -2.18. The lowest BCUT2D eigenvalue weighted by atomic mass is 10.1. The summed E-state index contributed by atoms with van der Waals surface area (Å²) < 4.78 is 4.90. The Morgan fingerprint density at radius 2 is 2.08 bits per heavy atom. The predicted octanol–water partition coefficient (Wildman–Crippen LogP) is 0.513. The standard InChI is InChI=1S/C9H15N3O/c1-7(10)3-8-4-11-9(6-13-2)12-5-8/h4-5,7H,3,6,10H2,1-2H3. The number of aromatic nitrogens is 2. The average molecular weight is 181 g/mol. The van der Waals surface area contributed by atoms with Gasteiger partial charge in [0.15, 0.2) is 5.82 Å². The number of ether oxygens (including phenoxy) is 1. The molecule has 2 N–H and O–H groups in total. The molecule has 0 bridgehead atoms. The normalized spacial score (nSPS) is 12.8. The predicted molar refractivity (Wildman–Crippen MR) is 50.1 cm³/mol. The van der Waals surface area contributed by atoms with Crippen LogP contribution in [0.3, 0.4) is 0 Å². The van der Waals surface area contributed by atoms with Gasteiger partial charge < -0.3 is 10.5 Å². The van der Waals surface area contributed by atoms with Crippen molar-refractivity contribution >= 4 is 0 Å². The van der Waals surface area contributed by atoms with Gasteiger partial charge in [0.05, 0.1) is 0 Å². The number of nitrogens with zero attached hydrogens (tertiary/aromatic N) is 2. The fourth-order valence-corrected chi connectivity index (χ4v) is 1.06. The van der Waals surface area contributed by atoms with E-state index in [0.717, 1.165) is 12.0 Å². The SMILES string of the molecule is COCc1ncc(CC(C)N)cn1. The van der Waals surface area contributed by atoms with E-state index in [1.54, 1.807) is 19.5 Å². The van der Waals surface area contributed by atoms with E-state index >= 15 is 0 Å². The molecule has 1 rings (SSSR count). The van der Waals surface area contributed by atoms with Gasteiger partial charge in [0, 0.05) is 25.5 Å². The summed E-state index contributed by atoms with van der Waals surface area (Å²) in [6.45, 7) is 2.42. The summed E-state index contributed by atoms with van der Waals surface area (Å²) in [7, 11) is 1.62. The van der Waals surface area contributed by atoms with Gasteiger partial charge in [0.2, 0.25) is 0 Å². The molecule has 0 saturated heterocycles. The molecule has 1 heterocycles. The second kappa shape index (κ2) is 4.89. The highest BCUT2D eigenvalue weighted by molar-refractivity contribution is 5.06. The van der Waals surface area contributed by atoms with E-state index in [-0.39, 0.29) is 6.04 Å². The summed E-state index contributed by atoms with van der Waals surface area (Å²) in [6.07, 6.45) is 4.41. The molecule has 1 aromatic rings. The summed E-state index contributed by atoms with van der Waals surface area (Å²) in [4.78, 5) is 8.26. The van der Waals surface area contributed by atoms with Crippen LogP contribution in [0.4, 0.5) is 0 Å². The molecule has 72 valence electrons. The van der Waals surface area contributed by atoms with Gasteiger partial charge >= 0.3 is 0 Å². The molecule has 13 heavy (non-hydrogen) atoms. The molecule has 0 aliphatic rings. The van der Waals surface area contributed by atoms with Crippen LogP contribution in [0.2, 0.25) is 0 Å². The molecule has 4 nitrogen and oxygen atoms in total. The number of methoxy groups -OCH3 is 1. The first kappa shape index (κ1) is 10.1. The quantitative estimate of drug-likeness (QED) is 0.735.